The van der Waals surface area contributed by atoms with Gasteiger partial charge in [-0.3, -0.25) is 14.6 Å². The first kappa shape index (κ1) is 14.8. The van der Waals surface area contributed by atoms with Crippen LogP contribution in [0.4, 0.5) is 0 Å². The van der Waals surface area contributed by atoms with Gasteiger partial charge in [-0.1, -0.05) is 11.6 Å². The van der Waals surface area contributed by atoms with Crippen molar-refractivity contribution in [3.8, 4) is 0 Å². The molecule has 5 nitrogen and oxygen atoms in total. The van der Waals surface area contributed by atoms with Crippen molar-refractivity contribution < 1.29 is 9.59 Å². The fraction of sp³-hybridized carbons (Fsp3) is 0.500. The molecule has 1 aliphatic heterocycles. The zero-order valence-electron chi connectivity index (χ0n) is 11.7. The lowest BCUT2D eigenvalue weighted by atomic mass is 9.96. The molecule has 0 bridgehead atoms. The Balaban J connectivity index is 2.09. The van der Waals surface area contributed by atoms with Gasteiger partial charge >= 0.3 is 0 Å². The molecule has 1 saturated heterocycles. The first-order valence-corrected chi connectivity index (χ1v) is 6.99. The first-order chi connectivity index (χ1) is 9.49. The van der Waals surface area contributed by atoms with Crippen molar-refractivity contribution in [2.24, 2.45) is 5.92 Å². The largest absolute Gasteiger partial charge is 0.349 e. The highest BCUT2D eigenvalue weighted by Crippen LogP contribution is 2.20. The van der Waals surface area contributed by atoms with E-state index in [1.807, 2.05) is 0 Å². The van der Waals surface area contributed by atoms with E-state index in [9.17, 15) is 9.59 Å². The van der Waals surface area contributed by atoms with E-state index in [-0.39, 0.29) is 17.7 Å². The van der Waals surface area contributed by atoms with Crippen LogP contribution in [0.25, 0.3) is 0 Å². The Morgan fingerprint density at radius 2 is 2.20 bits per heavy atom. The van der Waals surface area contributed by atoms with E-state index in [4.69, 9.17) is 11.6 Å². The normalized spacial score (nSPS) is 18.8. The number of hydrogen-bond acceptors (Lipinski definition) is 3. The molecule has 2 heterocycles. The SMILES string of the molecule is CN(C)C(=O)C1CCCN(C(=O)c2cc(Cl)ccn2)C1. The quantitative estimate of drug-likeness (QED) is 0.834. The van der Waals surface area contributed by atoms with Crippen LogP contribution in [-0.2, 0) is 4.79 Å². The zero-order valence-corrected chi connectivity index (χ0v) is 12.4. The predicted octanol–water partition coefficient (Wildman–Crippen LogP) is 1.68. The van der Waals surface area contributed by atoms with E-state index in [1.165, 1.54) is 6.20 Å². The van der Waals surface area contributed by atoms with Gasteiger partial charge in [-0.2, -0.15) is 0 Å². The fourth-order valence-corrected chi connectivity index (χ4v) is 2.57. The highest BCUT2D eigenvalue weighted by atomic mass is 35.5. The molecule has 1 unspecified atom stereocenters. The summed E-state index contributed by atoms with van der Waals surface area (Å²) in [6.07, 6.45) is 3.17. The van der Waals surface area contributed by atoms with Gasteiger partial charge in [0.15, 0.2) is 0 Å². The van der Waals surface area contributed by atoms with Gasteiger partial charge < -0.3 is 9.80 Å². The fourth-order valence-electron chi connectivity index (χ4n) is 2.41. The van der Waals surface area contributed by atoms with Crippen LogP contribution in [0.3, 0.4) is 0 Å². The van der Waals surface area contributed by atoms with E-state index >= 15 is 0 Å². The van der Waals surface area contributed by atoms with Crippen molar-refractivity contribution in [3.05, 3.63) is 29.0 Å². The second kappa shape index (κ2) is 6.22. The number of hydrogen-bond donors (Lipinski definition) is 0. The maximum absolute atomic E-state index is 12.4. The summed E-state index contributed by atoms with van der Waals surface area (Å²) in [4.78, 5) is 31.7. The minimum atomic E-state index is -0.163. The molecule has 1 aromatic heterocycles. The number of pyridine rings is 1. The van der Waals surface area contributed by atoms with Crippen LogP contribution in [0.5, 0.6) is 0 Å². The number of rotatable bonds is 2. The standard InChI is InChI=1S/C14H18ClN3O2/c1-17(2)13(19)10-4-3-7-18(9-10)14(20)12-8-11(15)5-6-16-12/h5-6,8,10H,3-4,7,9H2,1-2H3. The van der Waals surface area contributed by atoms with Crippen molar-refractivity contribution in [3.63, 3.8) is 0 Å². The monoisotopic (exact) mass is 295 g/mol. The van der Waals surface area contributed by atoms with Crippen LogP contribution in [0.1, 0.15) is 23.3 Å². The molecule has 108 valence electrons. The molecule has 0 saturated carbocycles. The van der Waals surface area contributed by atoms with Gasteiger partial charge in [0.2, 0.25) is 5.91 Å². The Labute approximate surface area is 123 Å². The topological polar surface area (TPSA) is 53.5 Å². The number of carbonyl (C=O) groups excluding carboxylic acids is 2. The Morgan fingerprint density at radius 3 is 2.85 bits per heavy atom. The lowest BCUT2D eigenvalue weighted by molar-refractivity contribution is -0.134. The summed E-state index contributed by atoms with van der Waals surface area (Å²) < 4.78 is 0. The smallest absolute Gasteiger partial charge is 0.272 e. The third kappa shape index (κ3) is 3.28. The van der Waals surface area contributed by atoms with Crippen molar-refractivity contribution in [2.45, 2.75) is 12.8 Å². The van der Waals surface area contributed by atoms with Crippen molar-refractivity contribution in [2.75, 3.05) is 27.2 Å². The molecule has 0 aliphatic carbocycles. The number of carbonyl (C=O) groups is 2. The maximum atomic E-state index is 12.4. The number of amides is 2. The lowest BCUT2D eigenvalue weighted by Crippen LogP contribution is -2.45. The Kier molecular flexibility index (Phi) is 4.60. The highest BCUT2D eigenvalue weighted by molar-refractivity contribution is 6.30. The number of piperidine rings is 1. The van der Waals surface area contributed by atoms with Crippen molar-refractivity contribution in [1.82, 2.24) is 14.8 Å². The predicted molar refractivity (Wildman–Crippen MR) is 76.6 cm³/mol. The molecule has 1 aliphatic rings. The molecule has 0 aromatic carbocycles. The lowest BCUT2D eigenvalue weighted by Gasteiger charge is -2.33. The van der Waals surface area contributed by atoms with Crippen LogP contribution in [-0.4, -0.2) is 53.8 Å². The van der Waals surface area contributed by atoms with Crippen LogP contribution < -0.4 is 0 Å². The molecule has 0 N–H and O–H groups in total. The van der Waals surface area contributed by atoms with E-state index in [2.05, 4.69) is 4.98 Å². The van der Waals surface area contributed by atoms with Crippen LogP contribution in [0.2, 0.25) is 5.02 Å². The third-order valence-electron chi connectivity index (χ3n) is 3.44. The van der Waals surface area contributed by atoms with Crippen molar-refractivity contribution >= 4 is 23.4 Å². The molecule has 6 heteroatoms. The van der Waals surface area contributed by atoms with Gasteiger partial charge in [0, 0.05) is 38.4 Å². The Hall–Kier alpha value is -1.62. The second-order valence-corrected chi connectivity index (χ2v) is 5.62. The first-order valence-electron chi connectivity index (χ1n) is 6.61. The van der Waals surface area contributed by atoms with E-state index < -0.39 is 0 Å². The van der Waals surface area contributed by atoms with E-state index in [0.29, 0.717) is 23.8 Å². The number of nitrogens with zero attached hydrogens (tertiary/aromatic N) is 3. The average molecular weight is 296 g/mol. The van der Waals surface area contributed by atoms with E-state index in [0.717, 1.165) is 12.8 Å². The van der Waals surface area contributed by atoms with Crippen LogP contribution >= 0.6 is 11.6 Å². The molecule has 1 aromatic rings. The Morgan fingerprint density at radius 1 is 1.45 bits per heavy atom. The summed E-state index contributed by atoms with van der Waals surface area (Å²) in [7, 11) is 3.48. The van der Waals surface area contributed by atoms with Crippen LogP contribution in [0.15, 0.2) is 18.3 Å². The summed E-state index contributed by atoms with van der Waals surface area (Å²) in [5.74, 6) is -0.216. The van der Waals surface area contributed by atoms with Gasteiger partial charge in [-0.15, -0.1) is 0 Å². The van der Waals surface area contributed by atoms with E-state index in [1.54, 1.807) is 36.0 Å². The summed E-state index contributed by atoms with van der Waals surface area (Å²) >= 11 is 5.88. The molecular formula is C14H18ClN3O2. The van der Waals surface area contributed by atoms with Gasteiger partial charge in [0.05, 0.1) is 5.92 Å². The van der Waals surface area contributed by atoms with Gasteiger partial charge in [-0.25, -0.2) is 0 Å². The van der Waals surface area contributed by atoms with Gasteiger partial charge in [-0.05, 0) is 25.0 Å². The molecule has 0 radical (unpaired) electrons. The minimum absolute atomic E-state index is 0.0709. The summed E-state index contributed by atoms with van der Waals surface area (Å²) in [6.45, 7) is 1.11. The van der Waals surface area contributed by atoms with Gasteiger partial charge in [0.25, 0.3) is 5.91 Å². The zero-order chi connectivity index (χ0) is 14.7. The minimum Gasteiger partial charge on any atom is -0.349 e. The summed E-state index contributed by atoms with van der Waals surface area (Å²) in [5.41, 5.74) is 0.329. The molecular weight excluding hydrogens is 278 g/mol. The molecule has 1 atom stereocenters. The molecule has 20 heavy (non-hydrogen) atoms. The summed E-state index contributed by atoms with van der Waals surface area (Å²) in [6, 6.07) is 3.19. The maximum Gasteiger partial charge on any atom is 0.272 e. The number of likely N-dealkylation sites (tertiary alicyclic amines) is 1. The second-order valence-electron chi connectivity index (χ2n) is 5.18. The third-order valence-corrected chi connectivity index (χ3v) is 3.67. The molecule has 2 rings (SSSR count). The highest BCUT2D eigenvalue weighted by Gasteiger charge is 2.30. The number of halogens is 1. The number of aromatic nitrogens is 1. The van der Waals surface area contributed by atoms with Crippen LogP contribution in [0, 0.1) is 5.92 Å². The summed E-state index contributed by atoms with van der Waals surface area (Å²) in [5, 5.41) is 0.487. The molecule has 2 amide bonds. The van der Waals surface area contributed by atoms with Crippen molar-refractivity contribution in [1.29, 1.82) is 0 Å². The Bertz CT molecular complexity index is 519. The molecule has 1 fully saturated rings. The average Bonchev–Trinajstić information content (AvgIpc) is 2.45. The molecule has 0 spiro atoms. The van der Waals surface area contributed by atoms with Gasteiger partial charge in [0.1, 0.15) is 5.69 Å².